The largest absolute Gasteiger partial charge is 0.440 e. The fourth-order valence-electron chi connectivity index (χ4n) is 3.56. The number of rotatable bonds is 5. The Morgan fingerprint density at radius 1 is 1.19 bits per heavy atom. The van der Waals surface area contributed by atoms with Crippen molar-refractivity contribution < 1.29 is 13.6 Å². The molecular formula is C21H21FN2O2. The maximum atomic E-state index is 13.0. The van der Waals surface area contributed by atoms with Crippen LogP contribution in [0.4, 0.5) is 4.39 Å². The Hall–Kier alpha value is -2.53. The Morgan fingerprint density at radius 2 is 2.00 bits per heavy atom. The molecule has 0 aliphatic carbocycles. The van der Waals surface area contributed by atoms with Crippen LogP contribution in [-0.2, 0) is 0 Å². The molecule has 1 aliphatic rings. The average molecular weight is 352 g/mol. The molecule has 1 fully saturated rings. The summed E-state index contributed by atoms with van der Waals surface area (Å²) < 4.78 is 18.9. The monoisotopic (exact) mass is 352 g/mol. The van der Waals surface area contributed by atoms with E-state index in [-0.39, 0.29) is 17.5 Å². The highest BCUT2D eigenvalue weighted by Gasteiger charge is 2.25. The lowest BCUT2D eigenvalue weighted by atomic mass is 9.97. The zero-order valence-corrected chi connectivity index (χ0v) is 14.5. The normalized spacial score (nSPS) is 18.3. The van der Waals surface area contributed by atoms with Crippen molar-refractivity contribution >= 4 is 16.9 Å². The van der Waals surface area contributed by atoms with E-state index >= 15 is 0 Å². The topological polar surface area (TPSA) is 46.3 Å². The summed E-state index contributed by atoms with van der Waals surface area (Å²) in [6, 6.07) is 13.6. The van der Waals surface area contributed by atoms with Crippen LogP contribution in [0.15, 0.2) is 52.9 Å². The predicted molar refractivity (Wildman–Crippen MR) is 97.8 cm³/mol. The van der Waals surface area contributed by atoms with Crippen molar-refractivity contribution in [3.8, 4) is 0 Å². The van der Waals surface area contributed by atoms with Gasteiger partial charge in [0, 0.05) is 31.0 Å². The molecule has 26 heavy (non-hydrogen) atoms. The second-order valence-corrected chi connectivity index (χ2v) is 6.84. The van der Waals surface area contributed by atoms with Gasteiger partial charge in [-0.15, -0.1) is 0 Å². The molecule has 2 aromatic carbocycles. The number of piperidine rings is 1. The first-order valence-electron chi connectivity index (χ1n) is 9.05. The van der Waals surface area contributed by atoms with E-state index in [9.17, 15) is 9.18 Å². The molecule has 0 bridgehead atoms. The summed E-state index contributed by atoms with van der Waals surface area (Å²) in [6.45, 7) is 2.53. The Labute approximate surface area is 151 Å². The molecule has 1 aromatic heterocycles. The van der Waals surface area contributed by atoms with Crippen LogP contribution in [0.5, 0.6) is 0 Å². The molecule has 0 N–H and O–H groups in total. The van der Waals surface area contributed by atoms with Gasteiger partial charge >= 0.3 is 0 Å². The van der Waals surface area contributed by atoms with E-state index in [0.717, 1.165) is 42.9 Å². The number of Topliss-reactive ketones (excluding diaryl/α,β-unsaturated/α-hetero) is 1. The number of hydrogen-bond donors (Lipinski definition) is 0. The molecule has 0 spiro atoms. The number of likely N-dealkylation sites (tertiary alicyclic amines) is 1. The van der Waals surface area contributed by atoms with Crippen LogP contribution in [0.3, 0.4) is 0 Å². The minimum Gasteiger partial charge on any atom is -0.440 e. The van der Waals surface area contributed by atoms with Crippen molar-refractivity contribution in [3.63, 3.8) is 0 Å². The maximum absolute atomic E-state index is 13.0. The highest BCUT2D eigenvalue weighted by Crippen LogP contribution is 2.29. The Balaban J connectivity index is 1.37. The summed E-state index contributed by atoms with van der Waals surface area (Å²) in [7, 11) is 0. The van der Waals surface area contributed by atoms with Gasteiger partial charge in [-0.1, -0.05) is 12.1 Å². The number of fused-ring (bicyclic) bond motifs is 1. The van der Waals surface area contributed by atoms with E-state index in [1.165, 1.54) is 12.1 Å². The summed E-state index contributed by atoms with van der Waals surface area (Å²) in [5, 5.41) is 0. The second-order valence-electron chi connectivity index (χ2n) is 6.84. The number of nitrogens with zero attached hydrogens (tertiary/aromatic N) is 2. The lowest BCUT2D eigenvalue weighted by molar-refractivity contribution is 0.0953. The summed E-state index contributed by atoms with van der Waals surface area (Å²) in [5.74, 6) is 0.783. The van der Waals surface area contributed by atoms with Crippen molar-refractivity contribution in [2.24, 2.45) is 0 Å². The van der Waals surface area contributed by atoms with Gasteiger partial charge in [0.15, 0.2) is 17.3 Å². The number of halogens is 1. The second kappa shape index (κ2) is 7.38. The minimum absolute atomic E-state index is 0.0500. The molecule has 2 heterocycles. The van der Waals surface area contributed by atoms with Gasteiger partial charge in [0.25, 0.3) is 0 Å². The van der Waals surface area contributed by atoms with Gasteiger partial charge in [0.1, 0.15) is 11.3 Å². The molecular weight excluding hydrogens is 331 g/mol. The zero-order chi connectivity index (χ0) is 17.9. The van der Waals surface area contributed by atoms with E-state index < -0.39 is 0 Å². The van der Waals surface area contributed by atoms with Gasteiger partial charge in [-0.2, -0.15) is 0 Å². The van der Waals surface area contributed by atoms with E-state index in [0.29, 0.717) is 18.5 Å². The van der Waals surface area contributed by atoms with Crippen LogP contribution in [0.25, 0.3) is 11.1 Å². The number of benzene rings is 2. The quantitative estimate of drug-likeness (QED) is 0.638. The van der Waals surface area contributed by atoms with E-state index in [2.05, 4.69) is 9.88 Å². The van der Waals surface area contributed by atoms with Gasteiger partial charge in [0.05, 0.1) is 0 Å². The van der Waals surface area contributed by atoms with Gasteiger partial charge in [-0.3, -0.25) is 4.79 Å². The molecule has 0 amide bonds. The molecule has 0 saturated carbocycles. The number of aromatic nitrogens is 1. The minimum atomic E-state index is -0.321. The van der Waals surface area contributed by atoms with Gasteiger partial charge in [-0.25, -0.2) is 9.37 Å². The smallest absolute Gasteiger partial charge is 0.199 e. The number of hydrogen-bond acceptors (Lipinski definition) is 4. The lowest BCUT2D eigenvalue weighted by Gasteiger charge is -2.30. The van der Waals surface area contributed by atoms with Crippen LogP contribution in [-0.4, -0.2) is 35.3 Å². The fourth-order valence-corrected chi connectivity index (χ4v) is 3.56. The first-order chi connectivity index (χ1) is 12.7. The van der Waals surface area contributed by atoms with E-state index in [4.69, 9.17) is 4.42 Å². The average Bonchev–Trinajstić information content (AvgIpc) is 3.11. The molecule has 1 atom stereocenters. The SMILES string of the molecule is O=C(CCN1CCC[C@H](c2nc3ccccc3o2)C1)c1ccc(F)cc1. The first-order valence-corrected chi connectivity index (χ1v) is 9.05. The molecule has 4 rings (SSSR count). The highest BCUT2D eigenvalue weighted by atomic mass is 19.1. The Morgan fingerprint density at radius 3 is 2.81 bits per heavy atom. The van der Waals surface area contributed by atoms with Crippen LogP contribution >= 0.6 is 0 Å². The zero-order valence-electron chi connectivity index (χ0n) is 14.5. The third kappa shape index (κ3) is 3.68. The number of oxazole rings is 1. The Kier molecular flexibility index (Phi) is 4.80. The molecule has 0 unspecified atom stereocenters. The van der Waals surface area contributed by atoms with Crippen molar-refractivity contribution in [1.82, 2.24) is 9.88 Å². The molecule has 0 radical (unpaired) electrons. The fraction of sp³-hybridized carbons (Fsp3) is 0.333. The highest BCUT2D eigenvalue weighted by molar-refractivity contribution is 5.96. The van der Waals surface area contributed by atoms with Crippen molar-refractivity contribution in [1.29, 1.82) is 0 Å². The van der Waals surface area contributed by atoms with E-state index in [1.54, 1.807) is 12.1 Å². The molecule has 1 aliphatic heterocycles. The third-order valence-corrected chi connectivity index (χ3v) is 4.99. The predicted octanol–water partition coefficient (Wildman–Crippen LogP) is 4.42. The maximum Gasteiger partial charge on any atom is 0.199 e. The van der Waals surface area contributed by atoms with Crippen LogP contribution in [0.1, 0.15) is 41.4 Å². The lowest BCUT2D eigenvalue weighted by Crippen LogP contribution is -2.36. The summed E-state index contributed by atoms with van der Waals surface area (Å²) in [6.07, 6.45) is 2.55. The summed E-state index contributed by atoms with van der Waals surface area (Å²) in [4.78, 5) is 19.2. The molecule has 134 valence electrons. The van der Waals surface area contributed by atoms with Crippen LogP contribution in [0, 0.1) is 5.82 Å². The number of carbonyl (C=O) groups excluding carboxylic acids is 1. The van der Waals surface area contributed by atoms with Gasteiger partial charge < -0.3 is 9.32 Å². The Bertz CT molecular complexity index is 871. The van der Waals surface area contributed by atoms with Crippen molar-refractivity contribution in [2.75, 3.05) is 19.6 Å². The van der Waals surface area contributed by atoms with Gasteiger partial charge in [0.2, 0.25) is 0 Å². The van der Waals surface area contributed by atoms with Crippen molar-refractivity contribution in [3.05, 3.63) is 65.8 Å². The summed E-state index contributed by atoms with van der Waals surface area (Å²) in [5.41, 5.74) is 2.29. The standard InChI is InChI=1S/C21H21FN2O2/c22-17-9-7-15(8-10-17)19(25)11-13-24-12-3-4-16(14-24)21-23-18-5-1-2-6-20(18)26-21/h1-2,5-10,16H,3-4,11-14H2/t16-/m0/s1. The number of carbonyl (C=O) groups is 1. The number of para-hydroxylation sites is 2. The molecule has 1 saturated heterocycles. The molecule has 3 aromatic rings. The van der Waals surface area contributed by atoms with Gasteiger partial charge in [-0.05, 0) is 55.8 Å². The third-order valence-electron chi connectivity index (χ3n) is 4.99. The molecule has 5 heteroatoms. The van der Waals surface area contributed by atoms with Crippen molar-refractivity contribution in [2.45, 2.75) is 25.2 Å². The van der Waals surface area contributed by atoms with E-state index in [1.807, 2.05) is 24.3 Å². The molecule has 4 nitrogen and oxygen atoms in total. The van der Waals surface area contributed by atoms with Crippen LogP contribution < -0.4 is 0 Å². The number of ketones is 1. The van der Waals surface area contributed by atoms with Crippen LogP contribution in [0.2, 0.25) is 0 Å². The first kappa shape index (κ1) is 16.9. The summed E-state index contributed by atoms with van der Waals surface area (Å²) >= 11 is 0.